The van der Waals surface area contributed by atoms with Crippen LogP contribution in [0.5, 0.6) is 0 Å². The van der Waals surface area contributed by atoms with Gasteiger partial charge in [-0.1, -0.05) is 38.1 Å². The molecule has 2 N–H and O–H groups in total. The molecule has 0 fully saturated rings. The molecule has 0 radical (unpaired) electrons. The monoisotopic (exact) mass is 324 g/mol. The van der Waals surface area contributed by atoms with Gasteiger partial charge in [-0.3, -0.25) is 4.40 Å². The highest BCUT2D eigenvalue weighted by molar-refractivity contribution is 7.99. The number of hydrogen-bond acceptors (Lipinski definition) is 4. The van der Waals surface area contributed by atoms with E-state index in [-0.39, 0.29) is 6.04 Å². The lowest BCUT2D eigenvalue weighted by molar-refractivity contribution is 0.705. The SMILES string of the molecule is CC(C)c1nnc2ccc(SC3CC(N)c4ccccc43)cn12. The lowest BCUT2D eigenvalue weighted by Gasteiger charge is -2.12. The summed E-state index contributed by atoms with van der Waals surface area (Å²) in [7, 11) is 0. The van der Waals surface area contributed by atoms with Crippen LogP contribution in [-0.2, 0) is 0 Å². The lowest BCUT2D eigenvalue weighted by Crippen LogP contribution is -2.05. The summed E-state index contributed by atoms with van der Waals surface area (Å²) < 4.78 is 2.10. The van der Waals surface area contributed by atoms with Gasteiger partial charge in [-0.05, 0) is 29.7 Å². The maximum Gasteiger partial charge on any atom is 0.160 e. The number of aromatic nitrogens is 3. The number of thioether (sulfide) groups is 1. The summed E-state index contributed by atoms with van der Waals surface area (Å²) in [6.45, 7) is 4.28. The second kappa shape index (κ2) is 5.65. The van der Waals surface area contributed by atoms with E-state index in [4.69, 9.17) is 5.73 Å². The van der Waals surface area contributed by atoms with Crippen LogP contribution in [0.15, 0.2) is 47.5 Å². The molecule has 2 atom stereocenters. The highest BCUT2D eigenvalue weighted by Crippen LogP contribution is 2.48. The van der Waals surface area contributed by atoms with Crippen molar-refractivity contribution in [2.24, 2.45) is 5.73 Å². The molecule has 23 heavy (non-hydrogen) atoms. The average Bonchev–Trinajstić information content (AvgIpc) is 3.10. The van der Waals surface area contributed by atoms with Crippen molar-refractivity contribution in [3.8, 4) is 0 Å². The van der Waals surface area contributed by atoms with Gasteiger partial charge < -0.3 is 5.73 Å². The normalized spacial score (nSPS) is 20.3. The maximum absolute atomic E-state index is 6.29. The Morgan fingerprint density at radius 3 is 2.70 bits per heavy atom. The fourth-order valence-electron chi connectivity index (χ4n) is 3.25. The van der Waals surface area contributed by atoms with Crippen molar-refractivity contribution in [3.63, 3.8) is 0 Å². The molecular weight excluding hydrogens is 304 g/mol. The molecular formula is C18H20N4S. The van der Waals surface area contributed by atoms with Crippen molar-refractivity contribution in [1.82, 2.24) is 14.6 Å². The van der Waals surface area contributed by atoms with E-state index < -0.39 is 0 Å². The van der Waals surface area contributed by atoms with Gasteiger partial charge in [-0.25, -0.2) is 0 Å². The number of fused-ring (bicyclic) bond motifs is 2. The van der Waals surface area contributed by atoms with Crippen molar-refractivity contribution in [1.29, 1.82) is 0 Å². The maximum atomic E-state index is 6.29. The zero-order valence-corrected chi connectivity index (χ0v) is 14.1. The Morgan fingerprint density at radius 2 is 1.91 bits per heavy atom. The first kappa shape index (κ1) is 14.7. The molecule has 0 bridgehead atoms. The number of hydrogen-bond donors (Lipinski definition) is 1. The summed E-state index contributed by atoms with van der Waals surface area (Å²) in [5, 5.41) is 8.96. The third-order valence-corrected chi connectivity index (χ3v) is 5.65. The Balaban J connectivity index is 1.67. The van der Waals surface area contributed by atoms with Crippen LogP contribution in [0.3, 0.4) is 0 Å². The average molecular weight is 324 g/mol. The van der Waals surface area contributed by atoms with E-state index >= 15 is 0 Å². The summed E-state index contributed by atoms with van der Waals surface area (Å²) in [4.78, 5) is 1.23. The van der Waals surface area contributed by atoms with Crippen molar-refractivity contribution >= 4 is 17.4 Å². The van der Waals surface area contributed by atoms with Crippen LogP contribution in [0.4, 0.5) is 0 Å². The topological polar surface area (TPSA) is 56.2 Å². The number of nitrogens with two attached hydrogens (primary N) is 1. The summed E-state index contributed by atoms with van der Waals surface area (Å²) in [5.74, 6) is 1.36. The number of benzene rings is 1. The van der Waals surface area contributed by atoms with Crippen molar-refractivity contribution in [2.75, 3.05) is 0 Å². The van der Waals surface area contributed by atoms with Gasteiger partial charge in [0.05, 0.1) is 0 Å². The molecule has 0 saturated heterocycles. The van der Waals surface area contributed by atoms with Crippen molar-refractivity contribution < 1.29 is 0 Å². The van der Waals surface area contributed by atoms with E-state index in [0.717, 1.165) is 17.9 Å². The smallest absolute Gasteiger partial charge is 0.160 e. The van der Waals surface area contributed by atoms with Crippen LogP contribution in [0.25, 0.3) is 5.65 Å². The fourth-order valence-corrected chi connectivity index (χ4v) is 4.54. The Bertz CT molecular complexity index is 855. The van der Waals surface area contributed by atoms with E-state index in [1.807, 2.05) is 17.8 Å². The molecule has 118 valence electrons. The predicted molar refractivity (Wildman–Crippen MR) is 93.7 cm³/mol. The van der Waals surface area contributed by atoms with Crippen LogP contribution in [-0.4, -0.2) is 14.6 Å². The van der Waals surface area contributed by atoms with Crippen LogP contribution in [0.1, 0.15) is 54.4 Å². The predicted octanol–water partition coefficient (Wildman–Crippen LogP) is 4.09. The van der Waals surface area contributed by atoms with Crippen LogP contribution >= 0.6 is 11.8 Å². The minimum absolute atomic E-state index is 0.147. The van der Waals surface area contributed by atoms with Gasteiger partial charge >= 0.3 is 0 Å². The van der Waals surface area contributed by atoms with Crippen molar-refractivity contribution in [2.45, 2.75) is 42.4 Å². The summed E-state index contributed by atoms with van der Waals surface area (Å²) in [5.41, 5.74) is 9.86. The van der Waals surface area contributed by atoms with Gasteiger partial charge in [0, 0.05) is 28.3 Å². The minimum Gasteiger partial charge on any atom is -0.324 e. The molecule has 0 amide bonds. The molecule has 1 aliphatic rings. The fraction of sp³-hybridized carbons (Fsp3) is 0.333. The first-order valence-electron chi connectivity index (χ1n) is 7.99. The minimum atomic E-state index is 0.147. The standard InChI is InChI=1S/C18H20N4S/c1-11(2)18-21-20-17-8-7-12(10-22(17)18)23-16-9-15(19)13-5-3-4-6-14(13)16/h3-8,10-11,15-16H,9,19H2,1-2H3. The molecule has 5 heteroatoms. The third-order valence-electron chi connectivity index (χ3n) is 4.41. The van der Waals surface area contributed by atoms with Gasteiger partial charge in [0.2, 0.25) is 0 Å². The van der Waals surface area contributed by atoms with E-state index in [1.54, 1.807) is 0 Å². The Morgan fingerprint density at radius 1 is 1.13 bits per heavy atom. The number of pyridine rings is 1. The van der Waals surface area contributed by atoms with E-state index in [0.29, 0.717) is 11.2 Å². The first-order valence-corrected chi connectivity index (χ1v) is 8.87. The molecule has 0 saturated carbocycles. The third kappa shape index (κ3) is 2.54. The molecule has 4 rings (SSSR count). The van der Waals surface area contributed by atoms with Gasteiger partial charge in [0.25, 0.3) is 0 Å². The van der Waals surface area contributed by atoms with E-state index in [1.165, 1.54) is 16.0 Å². The summed E-state index contributed by atoms with van der Waals surface area (Å²) >= 11 is 1.88. The first-order chi connectivity index (χ1) is 11.1. The lowest BCUT2D eigenvalue weighted by atomic mass is 10.1. The van der Waals surface area contributed by atoms with Crippen LogP contribution in [0.2, 0.25) is 0 Å². The van der Waals surface area contributed by atoms with Gasteiger partial charge in [-0.2, -0.15) is 0 Å². The molecule has 0 aliphatic heterocycles. The van der Waals surface area contributed by atoms with E-state index in [2.05, 4.69) is 65.0 Å². The molecule has 3 aromatic rings. The Kier molecular flexibility index (Phi) is 3.62. The summed E-state index contributed by atoms with van der Waals surface area (Å²) in [6, 6.07) is 12.9. The van der Waals surface area contributed by atoms with Gasteiger partial charge in [-0.15, -0.1) is 22.0 Å². The number of nitrogens with zero attached hydrogens (tertiary/aromatic N) is 3. The largest absolute Gasteiger partial charge is 0.324 e. The molecule has 0 spiro atoms. The zero-order chi connectivity index (χ0) is 16.0. The number of rotatable bonds is 3. The van der Waals surface area contributed by atoms with Gasteiger partial charge in [0.1, 0.15) is 5.82 Å². The highest BCUT2D eigenvalue weighted by atomic mass is 32.2. The second-order valence-corrected chi connectivity index (χ2v) is 7.66. The quantitative estimate of drug-likeness (QED) is 0.788. The molecule has 4 nitrogen and oxygen atoms in total. The molecule has 1 aromatic carbocycles. The van der Waals surface area contributed by atoms with E-state index in [9.17, 15) is 0 Å². The Labute approximate surface area is 140 Å². The second-order valence-electron chi connectivity index (χ2n) is 6.38. The molecule has 2 aromatic heterocycles. The summed E-state index contributed by atoms with van der Waals surface area (Å²) in [6.07, 6.45) is 3.14. The van der Waals surface area contributed by atoms with Crippen molar-refractivity contribution in [3.05, 3.63) is 59.5 Å². The highest BCUT2D eigenvalue weighted by Gasteiger charge is 2.29. The zero-order valence-electron chi connectivity index (χ0n) is 13.3. The molecule has 2 heterocycles. The molecule has 2 unspecified atom stereocenters. The van der Waals surface area contributed by atoms with Gasteiger partial charge in [0.15, 0.2) is 5.65 Å². The van der Waals surface area contributed by atoms with Crippen LogP contribution < -0.4 is 5.73 Å². The molecule has 1 aliphatic carbocycles. The Hall–Kier alpha value is -1.85. The van der Waals surface area contributed by atoms with Crippen LogP contribution in [0, 0.1) is 0 Å².